The van der Waals surface area contributed by atoms with Crippen LogP contribution in [0.25, 0.3) is 10.9 Å². The summed E-state index contributed by atoms with van der Waals surface area (Å²) < 4.78 is 18.7. The summed E-state index contributed by atoms with van der Waals surface area (Å²) in [7, 11) is 0. The average molecular weight is 342 g/mol. The predicted molar refractivity (Wildman–Crippen MR) is 89.6 cm³/mol. The minimum absolute atomic E-state index is 0.250. The Balaban J connectivity index is 1.67. The minimum atomic E-state index is -0.605. The third-order valence-electron chi connectivity index (χ3n) is 4.92. The third-order valence-corrected chi connectivity index (χ3v) is 4.92. The standard InChI is InChI=1S/C18H19FN4O2/c1-10-7-12(19)8-14-13(10)9-15(21-14)16(24)22-18(5-3-4-6-18)17-20-11(2)25-23-17/h7-9,21H,3-6H2,1-2H3,(H,22,24). The van der Waals surface area contributed by atoms with Gasteiger partial charge in [-0.2, -0.15) is 4.98 Å². The fourth-order valence-corrected chi connectivity index (χ4v) is 3.66. The number of amides is 1. The molecule has 0 radical (unpaired) electrons. The Hall–Kier alpha value is -2.70. The molecule has 1 aliphatic carbocycles. The number of aryl methyl sites for hydroxylation is 2. The van der Waals surface area contributed by atoms with E-state index in [2.05, 4.69) is 20.4 Å². The van der Waals surface area contributed by atoms with Crippen LogP contribution in [0.3, 0.4) is 0 Å². The first kappa shape index (κ1) is 15.8. The Labute approximate surface area is 143 Å². The molecule has 0 unspecified atom stereocenters. The Morgan fingerprint density at radius 1 is 1.28 bits per heavy atom. The molecule has 4 rings (SSSR count). The molecule has 2 aromatic heterocycles. The van der Waals surface area contributed by atoms with Gasteiger partial charge in [-0.05, 0) is 43.5 Å². The van der Waals surface area contributed by atoms with Gasteiger partial charge in [0.25, 0.3) is 5.91 Å². The lowest BCUT2D eigenvalue weighted by atomic mass is 9.96. The van der Waals surface area contributed by atoms with Crippen molar-refractivity contribution >= 4 is 16.8 Å². The van der Waals surface area contributed by atoms with Crippen molar-refractivity contribution in [1.29, 1.82) is 0 Å². The van der Waals surface area contributed by atoms with Crippen molar-refractivity contribution in [2.24, 2.45) is 0 Å². The van der Waals surface area contributed by atoms with Gasteiger partial charge < -0.3 is 14.8 Å². The van der Waals surface area contributed by atoms with Crippen molar-refractivity contribution in [1.82, 2.24) is 20.4 Å². The first-order valence-electron chi connectivity index (χ1n) is 8.39. The number of carbonyl (C=O) groups is 1. The Morgan fingerprint density at radius 3 is 2.72 bits per heavy atom. The number of aromatic amines is 1. The van der Waals surface area contributed by atoms with Gasteiger partial charge in [0.05, 0.1) is 0 Å². The van der Waals surface area contributed by atoms with E-state index in [4.69, 9.17) is 4.52 Å². The number of nitrogens with one attached hydrogen (secondary N) is 2. The number of hydrogen-bond acceptors (Lipinski definition) is 4. The molecule has 0 saturated heterocycles. The number of halogens is 1. The van der Waals surface area contributed by atoms with E-state index in [-0.39, 0.29) is 11.7 Å². The van der Waals surface area contributed by atoms with Crippen molar-refractivity contribution in [2.45, 2.75) is 45.1 Å². The van der Waals surface area contributed by atoms with Gasteiger partial charge in [-0.3, -0.25) is 4.79 Å². The maximum absolute atomic E-state index is 13.6. The van der Waals surface area contributed by atoms with E-state index >= 15 is 0 Å². The van der Waals surface area contributed by atoms with Gasteiger partial charge in [0.2, 0.25) is 5.89 Å². The monoisotopic (exact) mass is 342 g/mol. The van der Waals surface area contributed by atoms with Gasteiger partial charge in [0.1, 0.15) is 17.1 Å². The minimum Gasteiger partial charge on any atom is -0.350 e. The highest BCUT2D eigenvalue weighted by Gasteiger charge is 2.41. The van der Waals surface area contributed by atoms with Crippen LogP contribution >= 0.6 is 0 Å². The maximum Gasteiger partial charge on any atom is 0.268 e. The lowest BCUT2D eigenvalue weighted by molar-refractivity contribution is 0.0887. The molecule has 2 heterocycles. The van der Waals surface area contributed by atoms with E-state index in [9.17, 15) is 9.18 Å². The highest BCUT2D eigenvalue weighted by atomic mass is 19.1. The molecule has 0 atom stereocenters. The summed E-state index contributed by atoms with van der Waals surface area (Å²) in [5, 5.41) is 7.94. The lowest BCUT2D eigenvalue weighted by Crippen LogP contribution is -2.44. The number of fused-ring (bicyclic) bond motifs is 1. The molecule has 3 aromatic rings. The zero-order chi connectivity index (χ0) is 17.6. The molecule has 6 nitrogen and oxygen atoms in total. The van der Waals surface area contributed by atoms with Crippen molar-refractivity contribution < 1.29 is 13.7 Å². The van der Waals surface area contributed by atoms with Crippen LogP contribution in [0.1, 0.15) is 53.5 Å². The second-order valence-electron chi connectivity index (χ2n) is 6.75. The fourth-order valence-electron chi connectivity index (χ4n) is 3.66. The number of rotatable bonds is 3. The highest BCUT2D eigenvalue weighted by molar-refractivity contribution is 5.99. The van der Waals surface area contributed by atoms with Crippen LogP contribution in [0.2, 0.25) is 0 Å². The molecule has 0 spiro atoms. The van der Waals surface area contributed by atoms with Crippen LogP contribution in [0.15, 0.2) is 22.7 Å². The molecule has 0 aliphatic heterocycles. The van der Waals surface area contributed by atoms with Crippen LogP contribution in [0.4, 0.5) is 4.39 Å². The molecule has 1 fully saturated rings. The first-order chi connectivity index (χ1) is 12.0. The van der Waals surface area contributed by atoms with Crippen LogP contribution in [-0.2, 0) is 5.54 Å². The number of aromatic nitrogens is 3. The molecule has 1 amide bonds. The van der Waals surface area contributed by atoms with Gasteiger partial charge in [-0.1, -0.05) is 18.0 Å². The molecule has 0 bridgehead atoms. The molecule has 7 heteroatoms. The lowest BCUT2D eigenvalue weighted by Gasteiger charge is -2.26. The van der Waals surface area contributed by atoms with E-state index < -0.39 is 5.54 Å². The van der Waals surface area contributed by atoms with Crippen molar-refractivity contribution in [2.75, 3.05) is 0 Å². The number of benzene rings is 1. The first-order valence-corrected chi connectivity index (χ1v) is 8.39. The van der Waals surface area contributed by atoms with Gasteiger partial charge in [0.15, 0.2) is 5.82 Å². The summed E-state index contributed by atoms with van der Waals surface area (Å²) in [6, 6.07) is 4.61. The molecular weight excluding hydrogens is 323 g/mol. The molecule has 130 valence electrons. The van der Waals surface area contributed by atoms with Gasteiger partial charge in [-0.25, -0.2) is 4.39 Å². The van der Waals surface area contributed by atoms with E-state index in [1.165, 1.54) is 12.1 Å². The summed E-state index contributed by atoms with van der Waals surface area (Å²) >= 11 is 0. The Morgan fingerprint density at radius 2 is 2.04 bits per heavy atom. The smallest absolute Gasteiger partial charge is 0.268 e. The van der Waals surface area contributed by atoms with Crippen LogP contribution in [-0.4, -0.2) is 21.0 Å². The molecule has 1 aliphatic rings. The predicted octanol–water partition coefficient (Wildman–Crippen LogP) is 3.51. The maximum atomic E-state index is 13.6. The zero-order valence-electron chi connectivity index (χ0n) is 14.1. The van der Waals surface area contributed by atoms with E-state index in [0.717, 1.165) is 36.6 Å². The molecule has 25 heavy (non-hydrogen) atoms. The van der Waals surface area contributed by atoms with Crippen LogP contribution in [0, 0.1) is 19.7 Å². The Bertz CT molecular complexity index is 953. The second kappa shape index (κ2) is 5.68. The Kier molecular flexibility index (Phi) is 3.59. The fraction of sp³-hybridized carbons (Fsp3) is 0.389. The average Bonchev–Trinajstić information content (AvgIpc) is 3.26. The van der Waals surface area contributed by atoms with Crippen molar-refractivity contribution in [3.05, 3.63) is 47.0 Å². The number of hydrogen-bond donors (Lipinski definition) is 2. The summed E-state index contributed by atoms with van der Waals surface area (Å²) in [5.74, 6) is 0.426. The summed E-state index contributed by atoms with van der Waals surface area (Å²) in [6.07, 6.45) is 3.52. The summed E-state index contributed by atoms with van der Waals surface area (Å²) in [6.45, 7) is 3.55. The molecule has 2 N–H and O–H groups in total. The quantitative estimate of drug-likeness (QED) is 0.763. The van der Waals surface area contributed by atoms with Gasteiger partial charge >= 0.3 is 0 Å². The number of nitrogens with zero attached hydrogens (tertiary/aromatic N) is 2. The molecular formula is C18H19FN4O2. The summed E-state index contributed by atoms with van der Waals surface area (Å²) in [5.41, 5.74) is 1.19. The SMILES string of the molecule is Cc1nc(C2(NC(=O)c3cc4c(C)cc(F)cc4[nH]3)CCCC2)no1. The van der Waals surface area contributed by atoms with Gasteiger partial charge in [0, 0.05) is 17.8 Å². The normalized spacial score (nSPS) is 16.4. The highest BCUT2D eigenvalue weighted by Crippen LogP contribution is 2.37. The van der Waals surface area contributed by atoms with Crippen LogP contribution in [0.5, 0.6) is 0 Å². The van der Waals surface area contributed by atoms with Crippen molar-refractivity contribution in [3.8, 4) is 0 Å². The third kappa shape index (κ3) is 2.69. The largest absolute Gasteiger partial charge is 0.350 e. The van der Waals surface area contributed by atoms with Crippen molar-refractivity contribution in [3.63, 3.8) is 0 Å². The second-order valence-corrected chi connectivity index (χ2v) is 6.75. The van der Waals surface area contributed by atoms with Crippen LogP contribution < -0.4 is 5.32 Å². The zero-order valence-corrected chi connectivity index (χ0v) is 14.1. The van der Waals surface area contributed by atoms with E-state index in [0.29, 0.717) is 22.9 Å². The number of H-pyrrole nitrogens is 1. The summed E-state index contributed by atoms with van der Waals surface area (Å²) in [4.78, 5) is 20.2. The molecule has 1 aromatic carbocycles. The van der Waals surface area contributed by atoms with E-state index in [1.807, 2.05) is 6.92 Å². The molecule has 1 saturated carbocycles. The van der Waals surface area contributed by atoms with Gasteiger partial charge in [-0.15, -0.1) is 0 Å². The number of carbonyl (C=O) groups excluding carboxylic acids is 1. The topological polar surface area (TPSA) is 83.8 Å². The van der Waals surface area contributed by atoms with E-state index in [1.54, 1.807) is 13.0 Å².